The lowest BCUT2D eigenvalue weighted by atomic mass is 10.1. The summed E-state index contributed by atoms with van der Waals surface area (Å²) in [4.78, 5) is 2.43. The van der Waals surface area contributed by atoms with Gasteiger partial charge in [0.25, 0.3) is 0 Å². The normalized spacial score (nSPS) is 21.4. The molecule has 0 spiro atoms. The van der Waals surface area contributed by atoms with Crippen LogP contribution in [-0.4, -0.2) is 36.2 Å². The number of nitrogens with zero attached hydrogens (tertiary/aromatic N) is 1. The number of benzene rings is 1. The van der Waals surface area contributed by atoms with Crippen molar-refractivity contribution in [1.82, 2.24) is 4.90 Å². The molecule has 3 heteroatoms. The fourth-order valence-corrected chi connectivity index (χ4v) is 2.24. The monoisotopic (exact) mass is 220 g/mol. The fraction of sp³-hybridized carbons (Fsp3) is 0.538. The second-order valence-corrected chi connectivity index (χ2v) is 4.63. The average molecular weight is 220 g/mol. The van der Waals surface area contributed by atoms with Crippen LogP contribution in [0.5, 0.6) is 0 Å². The van der Waals surface area contributed by atoms with Crippen molar-refractivity contribution in [2.45, 2.75) is 12.8 Å². The molecule has 1 aliphatic heterocycles. The van der Waals surface area contributed by atoms with Crippen molar-refractivity contribution in [3.63, 3.8) is 0 Å². The quantitative estimate of drug-likeness (QED) is 0.748. The molecule has 0 radical (unpaired) electrons. The first kappa shape index (κ1) is 11.4. The Morgan fingerprint density at radius 2 is 2.06 bits per heavy atom. The summed E-state index contributed by atoms with van der Waals surface area (Å²) >= 11 is 0. The molecular weight excluding hydrogens is 200 g/mol. The van der Waals surface area contributed by atoms with Crippen molar-refractivity contribution < 1.29 is 5.11 Å². The van der Waals surface area contributed by atoms with Crippen LogP contribution < -0.4 is 5.73 Å². The van der Waals surface area contributed by atoms with Gasteiger partial charge in [-0.05, 0) is 43.0 Å². The Labute approximate surface area is 96.9 Å². The zero-order chi connectivity index (χ0) is 11.4. The molecule has 0 aliphatic carbocycles. The molecule has 0 amide bonds. The fourth-order valence-electron chi connectivity index (χ4n) is 2.24. The lowest BCUT2D eigenvalue weighted by molar-refractivity contribution is 0.222. The van der Waals surface area contributed by atoms with Gasteiger partial charge in [-0.2, -0.15) is 0 Å². The molecule has 0 aromatic heterocycles. The standard InChI is InChI=1S/C13H20N2O/c14-13-3-1-11(2-4-13)5-7-15-8-6-12(9-15)10-16/h1-4,12,16H,5-10,14H2. The summed E-state index contributed by atoms with van der Waals surface area (Å²) in [7, 11) is 0. The molecule has 3 N–H and O–H groups in total. The van der Waals surface area contributed by atoms with E-state index in [4.69, 9.17) is 10.8 Å². The molecule has 1 atom stereocenters. The van der Waals surface area contributed by atoms with E-state index in [9.17, 15) is 0 Å². The van der Waals surface area contributed by atoms with E-state index in [0.29, 0.717) is 12.5 Å². The van der Waals surface area contributed by atoms with E-state index in [1.54, 1.807) is 0 Å². The van der Waals surface area contributed by atoms with Gasteiger partial charge < -0.3 is 15.7 Å². The highest BCUT2D eigenvalue weighted by atomic mass is 16.3. The van der Waals surface area contributed by atoms with Crippen LogP contribution in [0.1, 0.15) is 12.0 Å². The highest BCUT2D eigenvalue weighted by Crippen LogP contribution is 2.16. The third-order valence-corrected chi connectivity index (χ3v) is 3.32. The van der Waals surface area contributed by atoms with Crippen LogP contribution in [0.3, 0.4) is 0 Å². The van der Waals surface area contributed by atoms with E-state index in [1.165, 1.54) is 5.56 Å². The summed E-state index contributed by atoms with van der Waals surface area (Å²) in [5.41, 5.74) is 7.80. The van der Waals surface area contributed by atoms with Gasteiger partial charge in [0, 0.05) is 25.4 Å². The second-order valence-electron chi connectivity index (χ2n) is 4.63. The van der Waals surface area contributed by atoms with E-state index in [1.807, 2.05) is 12.1 Å². The number of rotatable bonds is 4. The smallest absolute Gasteiger partial charge is 0.0471 e. The first-order valence-corrected chi connectivity index (χ1v) is 5.95. The number of hydrogen-bond donors (Lipinski definition) is 2. The van der Waals surface area contributed by atoms with E-state index in [-0.39, 0.29) is 0 Å². The van der Waals surface area contributed by atoms with Gasteiger partial charge in [-0.1, -0.05) is 12.1 Å². The van der Waals surface area contributed by atoms with Gasteiger partial charge in [-0.15, -0.1) is 0 Å². The number of nitrogen functional groups attached to an aromatic ring is 1. The molecule has 1 heterocycles. The van der Waals surface area contributed by atoms with E-state index in [0.717, 1.165) is 38.2 Å². The third kappa shape index (κ3) is 2.97. The molecule has 1 unspecified atom stereocenters. The van der Waals surface area contributed by atoms with Crippen LogP contribution in [0.2, 0.25) is 0 Å². The largest absolute Gasteiger partial charge is 0.399 e. The van der Waals surface area contributed by atoms with Gasteiger partial charge in [-0.3, -0.25) is 0 Å². The zero-order valence-electron chi connectivity index (χ0n) is 9.60. The Balaban J connectivity index is 1.77. The summed E-state index contributed by atoms with van der Waals surface area (Å²) in [5.74, 6) is 0.492. The van der Waals surface area contributed by atoms with Gasteiger partial charge >= 0.3 is 0 Å². The molecule has 88 valence electrons. The molecule has 1 aromatic carbocycles. The second kappa shape index (κ2) is 5.32. The number of hydrogen-bond acceptors (Lipinski definition) is 3. The van der Waals surface area contributed by atoms with Crippen LogP contribution in [0, 0.1) is 5.92 Å². The molecule has 3 nitrogen and oxygen atoms in total. The Hall–Kier alpha value is -1.06. The van der Waals surface area contributed by atoms with E-state index >= 15 is 0 Å². The molecule has 16 heavy (non-hydrogen) atoms. The predicted molar refractivity (Wildman–Crippen MR) is 66.2 cm³/mol. The number of likely N-dealkylation sites (tertiary alicyclic amines) is 1. The van der Waals surface area contributed by atoms with Crippen molar-refractivity contribution >= 4 is 5.69 Å². The average Bonchev–Trinajstić information content (AvgIpc) is 2.76. The lowest BCUT2D eigenvalue weighted by Crippen LogP contribution is -2.24. The molecule has 0 bridgehead atoms. The minimum atomic E-state index is 0.332. The summed E-state index contributed by atoms with van der Waals surface area (Å²) in [6, 6.07) is 8.09. The minimum Gasteiger partial charge on any atom is -0.399 e. The van der Waals surface area contributed by atoms with E-state index < -0.39 is 0 Å². The van der Waals surface area contributed by atoms with Gasteiger partial charge in [0.15, 0.2) is 0 Å². The lowest BCUT2D eigenvalue weighted by Gasteiger charge is -2.15. The molecule has 0 saturated carbocycles. The highest BCUT2D eigenvalue weighted by molar-refractivity contribution is 5.39. The van der Waals surface area contributed by atoms with Gasteiger partial charge in [0.1, 0.15) is 0 Å². The summed E-state index contributed by atoms with van der Waals surface area (Å²) in [5, 5.41) is 9.06. The summed E-state index contributed by atoms with van der Waals surface area (Å²) in [6.45, 7) is 3.59. The Kier molecular flexibility index (Phi) is 3.80. The topological polar surface area (TPSA) is 49.5 Å². The first-order chi connectivity index (χ1) is 7.78. The van der Waals surface area contributed by atoms with Crippen LogP contribution in [0.15, 0.2) is 24.3 Å². The van der Waals surface area contributed by atoms with Crippen molar-refractivity contribution in [1.29, 1.82) is 0 Å². The van der Waals surface area contributed by atoms with Gasteiger partial charge in [-0.25, -0.2) is 0 Å². The SMILES string of the molecule is Nc1ccc(CCN2CCC(CO)C2)cc1. The van der Waals surface area contributed by atoms with Crippen LogP contribution in [0.25, 0.3) is 0 Å². The Bertz CT molecular complexity index is 323. The molecule has 1 aromatic rings. The summed E-state index contributed by atoms with van der Waals surface area (Å²) in [6.07, 6.45) is 2.21. The maximum Gasteiger partial charge on any atom is 0.0471 e. The van der Waals surface area contributed by atoms with Crippen molar-refractivity contribution in [2.24, 2.45) is 5.92 Å². The van der Waals surface area contributed by atoms with E-state index in [2.05, 4.69) is 17.0 Å². The van der Waals surface area contributed by atoms with Crippen LogP contribution in [-0.2, 0) is 6.42 Å². The molecule has 1 saturated heterocycles. The molecular formula is C13H20N2O. The van der Waals surface area contributed by atoms with Crippen molar-refractivity contribution in [2.75, 3.05) is 32.0 Å². The highest BCUT2D eigenvalue weighted by Gasteiger charge is 2.20. The number of aliphatic hydroxyl groups excluding tert-OH is 1. The maximum absolute atomic E-state index is 9.06. The van der Waals surface area contributed by atoms with Crippen molar-refractivity contribution in [3.8, 4) is 0 Å². The molecule has 1 aliphatic rings. The Morgan fingerprint density at radius 1 is 1.31 bits per heavy atom. The van der Waals surface area contributed by atoms with Gasteiger partial charge in [0.05, 0.1) is 0 Å². The maximum atomic E-state index is 9.06. The number of nitrogens with two attached hydrogens (primary N) is 1. The predicted octanol–water partition coefficient (Wildman–Crippen LogP) is 1.13. The number of aliphatic hydroxyl groups is 1. The van der Waals surface area contributed by atoms with Gasteiger partial charge in [0.2, 0.25) is 0 Å². The molecule has 1 fully saturated rings. The van der Waals surface area contributed by atoms with Crippen LogP contribution in [0.4, 0.5) is 5.69 Å². The summed E-state index contributed by atoms with van der Waals surface area (Å²) < 4.78 is 0. The first-order valence-electron chi connectivity index (χ1n) is 5.95. The minimum absolute atomic E-state index is 0.332. The third-order valence-electron chi connectivity index (χ3n) is 3.32. The molecule has 2 rings (SSSR count). The van der Waals surface area contributed by atoms with Crippen molar-refractivity contribution in [3.05, 3.63) is 29.8 Å². The Morgan fingerprint density at radius 3 is 2.69 bits per heavy atom. The number of anilines is 1. The zero-order valence-corrected chi connectivity index (χ0v) is 9.60. The van der Waals surface area contributed by atoms with Crippen LogP contribution >= 0.6 is 0 Å².